The van der Waals surface area contributed by atoms with E-state index in [1.807, 2.05) is 6.92 Å². The fourth-order valence-electron chi connectivity index (χ4n) is 1.28. The molecule has 0 aliphatic carbocycles. The summed E-state index contributed by atoms with van der Waals surface area (Å²) in [5.74, 6) is -0.276. The first kappa shape index (κ1) is 12.5. The van der Waals surface area contributed by atoms with E-state index >= 15 is 0 Å². The third-order valence-corrected chi connectivity index (χ3v) is 2.04. The number of nitrogens with zero attached hydrogens (tertiary/aromatic N) is 2. The molecule has 0 aromatic heterocycles. The summed E-state index contributed by atoms with van der Waals surface area (Å²) in [5, 5.41) is 7.25. The van der Waals surface area contributed by atoms with Gasteiger partial charge in [-0.3, -0.25) is 0 Å². The maximum absolute atomic E-state index is 11.6. The maximum atomic E-state index is 11.6. The van der Waals surface area contributed by atoms with E-state index in [4.69, 9.17) is 14.4 Å². The quantitative estimate of drug-likeness (QED) is 0.317. The molecule has 0 spiro atoms. The van der Waals surface area contributed by atoms with Crippen LogP contribution >= 0.6 is 0 Å². The van der Waals surface area contributed by atoms with Crippen LogP contribution in [-0.2, 0) is 19.2 Å². The highest BCUT2D eigenvalue weighted by atomic mass is 16.7. The Labute approximate surface area is 94.2 Å². The van der Waals surface area contributed by atoms with Crippen molar-refractivity contribution in [2.24, 2.45) is 10.3 Å². The maximum Gasteiger partial charge on any atom is 0.381 e. The molecule has 90 valence electrons. The van der Waals surface area contributed by atoms with Crippen molar-refractivity contribution in [1.29, 1.82) is 0 Å². The first-order valence-corrected chi connectivity index (χ1v) is 5.08. The van der Waals surface area contributed by atoms with E-state index in [2.05, 4.69) is 10.3 Å². The minimum Gasteiger partial charge on any atom is -0.479 e. The smallest absolute Gasteiger partial charge is 0.381 e. The summed E-state index contributed by atoms with van der Waals surface area (Å²) in [6, 6.07) is 0. The Hall–Kier alpha value is -1.59. The third-order valence-electron chi connectivity index (χ3n) is 2.04. The lowest BCUT2D eigenvalue weighted by Gasteiger charge is -2.16. The van der Waals surface area contributed by atoms with Gasteiger partial charge in [0.25, 0.3) is 0 Å². The molecule has 0 bridgehead atoms. The molecule has 1 rings (SSSR count). The zero-order valence-electron chi connectivity index (χ0n) is 9.94. The van der Waals surface area contributed by atoms with Crippen LogP contribution in [0.3, 0.4) is 0 Å². The number of carbonyl (C=O) groups excluding carboxylic acids is 1. The Bertz CT molecular complexity index is 338. The molecule has 0 aromatic carbocycles. The van der Waals surface area contributed by atoms with Crippen molar-refractivity contribution in [3.05, 3.63) is 0 Å². The van der Waals surface area contributed by atoms with Gasteiger partial charge in [0.15, 0.2) is 0 Å². The fraction of sp³-hybridized carbons (Fsp3) is 0.700. The van der Waals surface area contributed by atoms with E-state index in [1.165, 1.54) is 0 Å². The van der Waals surface area contributed by atoms with Gasteiger partial charge in [-0.05, 0) is 25.9 Å². The molecular weight excluding hydrogens is 212 g/mol. The van der Waals surface area contributed by atoms with Crippen molar-refractivity contribution in [3.8, 4) is 0 Å². The van der Waals surface area contributed by atoms with E-state index < -0.39 is 11.6 Å². The lowest BCUT2D eigenvalue weighted by atomic mass is 10.0. The Morgan fingerprint density at radius 3 is 2.88 bits per heavy atom. The standard InChI is InChI=1S/C10H16N2O4/c1-5-14-8(3)12-15-9(13)10(4)6-7(2)11-16-10/h5-6H2,1-4H3/b12-8+. The zero-order chi connectivity index (χ0) is 12.2. The molecule has 6 heteroatoms. The van der Waals surface area contributed by atoms with Crippen LogP contribution in [0.25, 0.3) is 0 Å². The molecule has 0 amide bonds. The molecule has 0 saturated carbocycles. The first-order chi connectivity index (χ1) is 7.48. The van der Waals surface area contributed by atoms with Crippen LogP contribution in [0.4, 0.5) is 0 Å². The highest BCUT2D eigenvalue weighted by Crippen LogP contribution is 2.24. The third kappa shape index (κ3) is 2.95. The SMILES string of the molecule is CCO/C(C)=N/OC(=O)C1(C)CC(C)=NO1. The van der Waals surface area contributed by atoms with E-state index in [1.54, 1.807) is 20.8 Å². The average Bonchev–Trinajstić information content (AvgIpc) is 2.57. The van der Waals surface area contributed by atoms with Gasteiger partial charge >= 0.3 is 5.97 Å². The molecule has 0 saturated heterocycles. The summed E-state index contributed by atoms with van der Waals surface area (Å²) in [4.78, 5) is 21.4. The molecule has 1 heterocycles. The lowest BCUT2D eigenvalue weighted by molar-refractivity contribution is -0.167. The first-order valence-electron chi connectivity index (χ1n) is 5.08. The summed E-state index contributed by atoms with van der Waals surface area (Å²) in [5.41, 5.74) is -0.315. The predicted octanol–water partition coefficient (Wildman–Crippen LogP) is 1.45. The average molecular weight is 228 g/mol. The van der Waals surface area contributed by atoms with E-state index in [0.29, 0.717) is 18.9 Å². The molecule has 0 aromatic rings. The number of rotatable bonds is 3. The van der Waals surface area contributed by atoms with Crippen LogP contribution in [0.2, 0.25) is 0 Å². The second-order valence-corrected chi connectivity index (χ2v) is 3.75. The molecule has 1 unspecified atom stereocenters. The minimum absolute atomic E-state index is 0.301. The van der Waals surface area contributed by atoms with Gasteiger partial charge in [-0.1, -0.05) is 5.16 Å². The van der Waals surface area contributed by atoms with Gasteiger partial charge in [0.05, 0.1) is 12.3 Å². The summed E-state index contributed by atoms with van der Waals surface area (Å²) in [6.07, 6.45) is 0.412. The van der Waals surface area contributed by atoms with E-state index in [9.17, 15) is 4.79 Å². The van der Waals surface area contributed by atoms with Crippen LogP contribution < -0.4 is 0 Å². The minimum atomic E-state index is -1.07. The second kappa shape index (κ2) is 4.96. The Morgan fingerprint density at radius 1 is 1.69 bits per heavy atom. The zero-order valence-corrected chi connectivity index (χ0v) is 9.94. The molecule has 0 N–H and O–H groups in total. The van der Waals surface area contributed by atoms with Crippen molar-refractivity contribution in [2.45, 2.75) is 39.7 Å². The van der Waals surface area contributed by atoms with Crippen molar-refractivity contribution < 1.29 is 19.2 Å². The number of hydrogen-bond donors (Lipinski definition) is 0. The van der Waals surface area contributed by atoms with E-state index in [0.717, 1.165) is 5.71 Å². The Kier molecular flexibility index (Phi) is 3.87. The topological polar surface area (TPSA) is 69.5 Å². The van der Waals surface area contributed by atoms with Crippen LogP contribution in [-0.4, -0.2) is 29.8 Å². The van der Waals surface area contributed by atoms with Crippen molar-refractivity contribution in [3.63, 3.8) is 0 Å². The Balaban J connectivity index is 2.50. The number of oxime groups is 2. The van der Waals surface area contributed by atoms with Crippen molar-refractivity contribution in [2.75, 3.05) is 6.61 Å². The summed E-state index contributed by atoms with van der Waals surface area (Å²) < 4.78 is 5.01. The van der Waals surface area contributed by atoms with Crippen LogP contribution in [0, 0.1) is 0 Å². The normalized spacial score (nSPS) is 24.8. The van der Waals surface area contributed by atoms with E-state index in [-0.39, 0.29) is 0 Å². The van der Waals surface area contributed by atoms with Crippen LogP contribution in [0.15, 0.2) is 10.3 Å². The van der Waals surface area contributed by atoms with Crippen LogP contribution in [0.1, 0.15) is 34.1 Å². The molecule has 1 aliphatic heterocycles. The molecule has 1 aliphatic rings. The van der Waals surface area contributed by atoms with Gasteiger partial charge in [0, 0.05) is 13.3 Å². The number of hydrogen-bond acceptors (Lipinski definition) is 6. The monoisotopic (exact) mass is 228 g/mol. The highest BCUT2D eigenvalue weighted by Gasteiger charge is 2.43. The summed E-state index contributed by atoms with van der Waals surface area (Å²) in [7, 11) is 0. The lowest BCUT2D eigenvalue weighted by Crippen LogP contribution is -2.36. The van der Waals surface area contributed by atoms with Crippen molar-refractivity contribution >= 4 is 17.6 Å². The molecule has 1 atom stereocenters. The molecule has 16 heavy (non-hydrogen) atoms. The van der Waals surface area contributed by atoms with Gasteiger partial charge < -0.3 is 14.4 Å². The predicted molar refractivity (Wildman–Crippen MR) is 58.0 cm³/mol. The summed E-state index contributed by atoms with van der Waals surface area (Å²) in [6.45, 7) is 7.30. The molecule has 0 fully saturated rings. The summed E-state index contributed by atoms with van der Waals surface area (Å²) >= 11 is 0. The Morgan fingerprint density at radius 2 is 2.38 bits per heavy atom. The highest BCUT2D eigenvalue weighted by molar-refractivity contribution is 5.92. The van der Waals surface area contributed by atoms with Gasteiger partial charge in [-0.15, -0.1) is 0 Å². The van der Waals surface area contributed by atoms with Gasteiger partial charge in [0.2, 0.25) is 11.5 Å². The van der Waals surface area contributed by atoms with Crippen molar-refractivity contribution in [1.82, 2.24) is 0 Å². The van der Waals surface area contributed by atoms with Crippen LogP contribution in [0.5, 0.6) is 0 Å². The van der Waals surface area contributed by atoms with Gasteiger partial charge in [-0.25, -0.2) is 4.79 Å². The number of ether oxygens (including phenoxy) is 1. The second-order valence-electron chi connectivity index (χ2n) is 3.75. The number of carbonyl (C=O) groups is 1. The molecular formula is C10H16N2O4. The largest absolute Gasteiger partial charge is 0.479 e. The molecule has 6 nitrogen and oxygen atoms in total. The molecule has 0 radical (unpaired) electrons. The fourth-order valence-corrected chi connectivity index (χ4v) is 1.28. The van der Waals surface area contributed by atoms with Gasteiger partial charge in [0.1, 0.15) is 0 Å². The van der Waals surface area contributed by atoms with Gasteiger partial charge in [-0.2, -0.15) is 0 Å².